The maximum Gasteiger partial charge on any atom is 0.220 e. The minimum absolute atomic E-state index is 0.0309. The molecule has 0 aliphatic heterocycles. The van der Waals surface area contributed by atoms with E-state index in [0.717, 1.165) is 11.3 Å². The van der Waals surface area contributed by atoms with Gasteiger partial charge in [-0.3, -0.25) is 4.68 Å². The second kappa shape index (κ2) is 3.59. The molecular formula is C11H15N5. The van der Waals surface area contributed by atoms with Gasteiger partial charge in [-0.2, -0.15) is 5.10 Å². The van der Waals surface area contributed by atoms with Gasteiger partial charge in [0.05, 0.1) is 17.4 Å². The summed E-state index contributed by atoms with van der Waals surface area (Å²) in [7, 11) is 0. The SMILES string of the molecule is CC(C)(C)n1cc(-c2ccnc(N)n2)cn1. The van der Waals surface area contributed by atoms with E-state index in [1.54, 1.807) is 12.4 Å². The number of hydrogen-bond donors (Lipinski definition) is 1. The maximum absolute atomic E-state index is 5.54. The van der Waals surface area contributed by atoms with Gasteiger partial charge in [0.25, 0.3) is 0 Å². The Morgan fingerprint density at radius 2 is 2.06 bits per heavy atom. The van der Waals surface area contributed by atoms with E-state index in [1.807, 2.05) is 16.9 Å². The van der Waals surface area contributed by atoms with E-state index < -0.39 is 0 Å². The van der Waals surface area contributed by atoms with Crippen LogP contribution < -0.4 is 5.73 Å². The van der Waals surface area contributed by atoms with E-state index in [-0.39, 0.29) is 11.5 Å². The number of nitrogens with zero attached hydrogens (tertiary/aromatic N) is 4. The molecule has 0 unspecified atom stereocenters. The molecule has 0 aromatic carbocycles. The van der Waals surface area contributed by atoms with Gasteiger partial charge in [-0.1, -0.05) is 0 Å². The molecule has 0 atom stereocenters. The molecule has 5 heteroatoms. The third kappa shape index (κ3) is 2.03. The lowest BCUT2D eigenvalue weighted by atomic mass is 10.1. The molecular weight excluding hydrogens is 202 g/mol. The van der Waals surface area contributed by atoms with Crippen molar-refractivity contribution in [2.75, 3.05) is 5.73 Å². The maximum atomic E-state index is 5.54. The molecule has 84 valence electrons. The van der Waals surface area contributed by atoms with Crippen molar-refractivity contribution in [2.45, 2.75) is 26.3 Å². The van der Waals surface area contributed by atoms with Crippen molar-refractivity contribution in [2.24, 2.45) is 0 Å². The third-order valence-electron chi connectivity index (χ3n) is 2.24. The molecule has 2 N–H and O–H groups in total. The Hall–Kier alpha value is -1.91. The molecule has 5 nitrogen and oxygen atoms in total. The van der Waals surface area contributed by atoms with Gasteiger partial charge in [-0.25, -0.2) is 9.97 Å². The molecule has 0 aliphatic carbocycles. The predicted molar refractivity (Wildman–Crippen MR) is 62.7 cm³/mol. The topological polar surface area (TPSA) is 69.6 Å². The van der Waals surface area contributed by atoms with Crippen molar-refractivity contribution >= 4 is 5.95 Å². The molecule has 0 radical (unpaired) electrons. The normalized spacial score (nSPS) is 11.7. The molecule has 0 bridgehead atoms. The summed E-state index contributed by atoms with van der Waals surface area (Å²) >= 11 is 0. The summed E-state index contributed by atoms with van der Waals surface area (Å²) in [5.41, 5.74) is 7.25. The van der Waals surface area contributed by atoms with E-state index in [1.165, 1.54) is 0 Å². The highest BCUT2D eigenvalue weighted by Crippen LogP contribution is 2.20. The second-order valence-corrected chi connectivity index (χ2v) is 4.64. The fourth-order valence-electron chi connectivity index (χ4n) is 1.36. The number of rotatable bonds is 1. The highest BCUT2D eigenvalue weighted by Gasteiger charge is 2.14. The van der Waals surface area contributed by atoms with Crippen molar-refractivity contribution in [3.8, 4) is 11.3 Å². The molecule has 2 rings (SSSR count). The van der Waals surface area contributed by atoms with Crippen molar-refractivity contribution in [1.82, 2.24) is 19.7 Å². The lowest BCUT2D eigenvalue weighted by Crippen LogP contribution is -2.21. The highest BCUT2D eigenvalue weighted by atomic mass is 15.3. The number of hydrogen-bond acceptors (Lipinski definition) is 4. The average molecular weight is 217 g/mol. The van der Waals surface area contributed by atoms with E-state index in [2.05, 4.69) is 35.8 Å². The first-order valence-electron chi connectivity index (χ1n) is 5.11. The lowest BCUT2D eigenvalue weighted by Gasteiger charge is -2.18. The zero-order chi connectivity index (χ0) is 11.8. The van der Waals surface area contributed by atoms with Gasteiger partial charge in [0.2, 0.25) is 5.95 Å². The molecule has 0 aliphatic rings. The Bertz CT molecular complexity index is 495. The van der Waals surface area contributed by atoms with E-state index in [9.17, 15) is 0 Å². The van der Waals surface area contributed by atoms with E-state index in [0.29, 0.717) is 0 Å². The van der Waals surface area contributed by atoms with Crippen LogP contribution in [0, 0.1) is 0 Å². The van der Waals surface area contributed by atoms with Gasteiger partial charge in [0.1, 0.15) is 0 Å². The fourth-order valence-corrected chi connectivity index (χ4v) is 1.36. The average Bonchev–Trinajstić information content (AvgIpc) is 2.65. The van der Waals surface area contributed by atoms with Crippen LogP contribution in [0.5, 0.6) is 0 Å². The molecule has 2 heterocycles. The number of nitrogens with two attached hydrogens (primary N) is 1. The van der Waals surface area contributed by atoms with Crippen LogP contribution in [0.1, 0.15) is 20.8 Å². The minimum atomic E-state index is -0.0309. The van der Waals surface area contributed by atoms with Crippen LogP contribution in [0.15, 0.2) is 24.7 Å². The first-order valence-corrected chi connectivity index (χ1v) is 5.11. The van der Waals surface area contributed by atoms with Gasteiger partial charge in [-0.05, 0) is 26.8 Å². The zero-order valence-corrected chi connectivity index (χ0v) is 9.68. The van der Waals surface area contributed by atoms with Gasteiger partial charge >= 0.3 is 0 Å². The smallest absolute Gasteiger partial charge is 0.220 e. The van der Waals surface area contributed by atoms with Crippen molar-refractivity contribution in [1.29, 1.82) is 0 Å². The Labute approximate surface area is 94.3 Å². The summed E-state index contributed by atoms with van der Waals surface area (Å²) in [5.74, 6) is 0.279. The first-order chi connectivity index (χ1) is 7.47. The zero-order valence-electron chi connectivity index (χ0n) is 9.68. The Balaban J connectivity index is 2.39. The first kappa shape index (κ1) is 10.6. The van der Waals surface area contributed by atoms with Crippen LogP contribution >= 0.6 is 0 Å². The molecule has 0 fully saturated rings. The molecule has 0 spiro atoms. The number of nitrogen functional groups attached to an aromatic ring is 1. The Morgan fingerprint density at radius 1 is 1.31 bits per heavy atom. The molecule has 0 amide bonds. The van der Waals surface area contributed by atoms with Crippen molar-refractivity contribution in [3.63, 3.8) is 0 Å². The Kier molecular flexibility index (Phi) is 2.38. The molecule has 0 saturated carbocycles. The van der Waals surface area contributed by atoms with Crippen LogP contribution in [0.4, 0.5) is 5.95 Å². The third-order valence-corrected chi connectivity index (χ3v) is 2.24. The van der Waals surface area contributed by atoms with Crippen LogP contribution in [0.2, 0.25) is 0 Å². The second-order valence-electron chi connectivity index (χ2n) is 4.64. The lowest BCUT2D eigenvalue weighted by molar-refractivity contribution is 0.355. The minimum Gasteiger partial charge on any atom is -0.368 e. The molecule has 2 aromatic heterocycles. The number of anilines is 1. The summed E-state index contributed by atoms with van der Waals surface area (Å²) in [6.45, 7) is 6.29. The molecule has 0 saturated heterocycles. The van der Waals surface area contributed by atoms with E-state index >= 15 is 0 Å². The fraction of sp³-hybridized carbons (Fsp3) is 0.364. The molecule has 16 heavy (non-hydrogen) atoms. The van der Waals surface area contributed by atoms with Gasteiger partial charge in [-0.15, -0.1) is 0 Å². The standard InChI is InChI=1S/C11H15N5/c1-11(2,3)16-7-8(6-14-16)9-4-5-13-10(12)15-9/h4-7H,1-3H3,(H2,12,13,15). The van der Waals surface area contributed by atoms with Crippen molar-refractivity contribution < 1.29 is 0 Å². The summed E-state index contributed by atoms with van der Waals surface area (Å²) in [5, 5.41) is 4.31. The van der Waals surface area contributed by atoms with E-state index in [4.69, 9.17) is 5.73 Å². The summed E-state index contributed by atoms with van der Waals surface area (Å²) in [6, 6.07) is 1.82. The molecule has 2 aromatic rings. The Morgan fingerprint density at radius 3 is 2.62 bits per heavy atom. The number of aromatic nitrogens is 4. The van der Waals surface area contributed by atoms with Crippen molar-refractivity contribution in [3.05, 3.63) is 24.7 Å². The monoisotopic (exact) mass is 217 g/mol. The largest absolute Gasteiger partial charge is 0.368 e. The van der Waals surface area contributed by atoms with Gasteiger partial charge in [0.15, 0.2) is 0 Å². The van der Waals surface area contributed by atoms with Crippen LogP contribution in [-0.4, -0.2) is 19.7 Å². The van der Waals surface area contributed by atoms with Gasteiger partial charge in [0, 0.05) is 18.0 Å². The summed E-state index contributed by atoms with van der Waals surface area (Å²) in [4.78, 5) is 8.01. The van der Waals surface area contributed by atoms with Crippen LogP contribution in [0.25, 0.3) is 11.3 Å². The highest BCUT2D eigenvalue weighted by molar-refractivity contribution is 5.57. The summed E-state index contributed by atoms with van der Waals surface area (Å²) < 4.78 is 1.90. The van der Waals surface area contributed by atoms with Gasteiger partial charge < -0.3 is 5.73 Å². The quantitative estimate of drug-likeness (QED) is 0.789. The van der Waals surface area contributed by atoms with Crippen LogP contribution in [-0.2, 0) is 5.54 Å². The summed E-state index contributed by atoms with van der Waals surface area (Å²) in [6.07, 6.45) is 5.39. The van der Waals surface area contributed by atoms with Crippen LogP contribution in [0.3, 0.4) is 0 Å². The predicted octanol–water partition coefficient (Wildman–Crippen LogP) is 1.68.